The van der Waals surface area contributed by atoms with Crippen molar-refractivity contribution in [2.24, 2.45) is 162 Å². The molecular weight excluding hydrogens is 1480 g/mol. The normalized spacial score (nSPS) is 47.6. The molecule has 14 aliphatic carbocycles. The summed E-state index contributed by atoms with van der Waals surface area (Å²) in [5.41, 5.74) is -13.7. The quantitative estimate of drug-likeness (QED) is 0.0577. The average molecular weight is 1590 g/mol. The van der Waals surface area contributed by atoms with Crippen molar-refractivity contribution in [2.75, 3.05) is 0 Å². The Hall–Kier alpha value is -7.42. The fraction of sp³-hybridized carbons (Fsp3) is 0.837. The van der Waals surface area contributed by atoms with Gasteiger partial charge >= 0.3 is 83.6 Å². The van der Waals surface area contributed by atoms with Crippen LogP contribution in [0.1, 0.15) is 197 Å². The van der Waals surface area contributed by atoms with Gasteiger partial charge in [-0.1, -0.05) is 6.92 Å². The molecule has 0 aromatic rings. The maximum Gasteiger partial charge on any atom is 0.312 e. The van der Waals surface area contributed by atoms with Gasteiger partial charge in [-0.05, 0) is 190 Å². The Balaban J connectivity index is 0.684. The van der Waals surface area contributed by atoms with Crippen LogP contribution in [0.4, 0.5) is 0 Å². The molecule has 14 bridgehead atoms. The molecule has 0 spiro atoms. The molecule has 0 aromatic carbocycles. The van der Waals surface area contributed by atoms with Crippen LogP contribution in [0.15, 0.2) is 0 Å². The van der Waals surface area contributed by atoms with Gasteiger partial charge in [0.1, 0.15) is 85.5 Å². The van der Waals surface area contributed by atoms with E-state index in [1.807, 2.05) is 0 Å². The molecule has 7 aliphatic heterocycles. The fourth-order valence-corrected chi connectivity index (χ4v) is 30.1. The number of carbonyl (C=O) groups excluding carboxylic acids is 14. The van der Waals surface area contributed by atoms with Gasteiger partial charge in [0.05, 0.1) is 79.3 Å². The summed E-state index contributed by atoms with van der Waals surface area (Å²) >= 11 is 0. The summed E-state index contributed by atoms with van der Waals surface area (Å²) in [5.74, 6) is -14.9. The maximum absolute atomic E-state index is 17.1. The molecule has 21 aliphatic rings. The van der Waals surface area contributed by atoms with Gasteiger partial charge in [0.25, 0.3) is 0 Å². The summed E-state index contributed by atoms with van der Waals surface area (Å²) in [7, 11) is 0. The molecular formula is C86H104O28. The van der Waals surface area contributed by atoms with Crippen LogP contribution in [0.3, 0.4) is 0 Å². The predicted molar refractivity (Wildman–Crippen MR) is 377 cm³/mol. The molecule has 616 valence electrons. The Kier molecular flexibility index (Phi) is 16.0. The average Bonchev–Trinajstić information content (AvgIpc) is 1.39. The first-order valence-corrected chi connectivity index (χ1v) is 42.9. The van der Waals surface area contributed by atoms with Gasteiger partial charge in [0, 0.05) is 82.9 Å². The molecule has 21 fully saturated rings. The van der Waals surface area contributed by atoms with Crippen LogP contribution in [-0.4, -0.2) is 169 Å². The Morgan fingerprint density at radius 1 is 0.246 bits per heavy atom. The lowest BCUT2D eigenvalue weighted by Crippen LogP contribution is -2.53. The molecule has 0 aromatic heterocycles. The first kappa shape index (κ1) is 74.1. The maximum atomic E-state index is 17.1. The first-order valence-electron chi connectivity index (χ1n) is 42.9. The van der Waals surface area contributed by atoms with Crippen LogP contribution in [0.5, 0.6) is 0 Å². The van der Waals surface area contributed by atoms with Crippen LogP contribution >= 0.6 is 0 Å². The van der Waals surface area contributed by atoms with Crippen LogP contribution in [0.2, 0.25) is 0 Å². The van der Waals surface area contributed by atoms with E-state index in [4.69, 9.17) is 66.3 Å². The second-order valence-corrected chi connectivity index (χ2v) is 42.6. The zero-order chi connectivity index (χ0) is 79.5. The highest BCUT2D eigenvalue weighted by Gasteiger charge is 2.73. The van der Waals surface area contributed by atoms with Crippen molar-refractivity contribution in [3.63, 3.8) is 0 Å². The van der Waals surface area contributed by atoms with Gasteiger partial charge in [0.2, 0.25) is 0 Å². The predicted octanol–water partition coefficient (Wildman–Crippen LogP) is 7.25. The summed E-state index contributed by atoms with van der Waals surface area (Å²) in [6, 6.07) is 0. The van der Waals surface area contributed by atoms with Gasteiger partial charge in [0.15, 0.2) is 0 Å². The second kappa shape index (κ2) is 24.6. The zero-order valence-electron chi connectivity index (χ0n) is 66.0. The summed E-state index contributed by atoms with van der Waals surface area (Å²) in [4.78, 5) is 209. The molecule has 0 N–H and O–H groups in total. The third-order valence-corrected chi connectivity index (χ3v) is 34.6. The lowest BCUT2D eigenvalue weighted by Gasteiger charge is -2.47. The summed E-state index contributed by atoms with van der Waals surface area (Å²) in [6.07, 6.45) is -8.40. The third-order valence-electron chi connectivity index (χ3n) is 34.6. The smallest absolute Gasteiger partial charge is 0.312 e. The Morgan fingerprint density at radius 2 is 0.404 bits per heavy atom. The van der Waals surface area contributed by atoms with E-state index in [2.05, 4.69) is 0 Å². The largest absolute Gasteiger partial charge is 0.458 e. The Morgan fingerprint density at radius 3 is 0.588 bits per heavy atom. The van der Waals surface area contributed by atoms with Crippen LogP contribution < -0.4 is 0 Å². The van der Waals surface area contributed by atoms with E-state index in [0.717, 1.165) is 0 Å². The Bertz CT molecular complexity index is 4320. The molecule has 0 radical (unpaired) electrons. The van der Waals surface area contributed by atoms with Gasteiger partial charge in [-0.2, -0.15) is 0 Å². The molecule has 21 rings (SSSR count). The number of esters is 14. The molecule has 114 heavy (non-hydrogen) atoms. The third kappa shape index (κ3) is 10.6. The molecule has 28 nitrogen and oxygen atoms in total. The molecule has 7 heterocycles. The van der Waals surface area contributed by atoms with E-state index >= 15 is 33.6 Å². The van der Waals surface area contributed by atoms with Crippen molar-refractivity contribution in [3.05, 3.63) is 0 Å². The molecule has 41 atom stereocenters. The van der Waals surface area contributed by atoms with Crippen molar-refractivity contribution in [1.29, 1.82) is 0 Å². The van der Waals surface area contributed by atoms with E-state index in [9.17, 15) is 33.6 Å². The van der Waals surface area contributed by atoms with Crippen molar-refractivity contribution in [1.82, 2.24) is 0 Å². The minimum atomic E-state index is -2.21. The van der Waals surface area contributed by atoms with Crippen molar-refractivity contribution in [3.8, 4) is 0 Å². The number of ether oxygens (including phenoxy) is 14. The SMILES string of the molecule is CCC(C)(CC(C)(CC(C)(CC(C)(CC(C)(CC(C)(CC(C)(C)C(=O)OC1C2CC3C(=O)OC1C3C2)C(=O)OC1C2CC3C(=O)OC1C3C2)C(=O)OC1C2CC3C(=O)OC1C3C2)C(=O)OC1C2CC3C(=O)OC1C3C2)C(=O)OC1C2CC3C(=O)OC1C3C2)C(=O)OC1C2CC3C(=O)OC1C3C2)C(=O)OC1C2CC3C(=O)OC1C3C2. The van der Waals surface area contributed by atoms with Crippen LogP contribution in [0.25, 0.3) is 0 Å². The van der Waals surface area contributed by atoms with Crippen molar-refractivity contribution >= 4 is 83.6 Å². The lowest BCUT2D eigenvalue weighted by molar-refractivity contribution is -0.192. The summed E-state index contributed by atoms with van der Waals surface area (Å²) in [6.45, 7) is 14.5. The number of fused-ring (bicyclic) bond motifs is 7. The highest BCUT2D eigenvalue weighted by atomic mass is 16.6. The van der Waals surface area contributed by atoms with Gasteiger partial charge in [-0.25, -0.2) is 0 Å². The molecule has 0 amide bonds. The Labute approximate surface area is 658 Å². The molecule has 28 heteroatoms. The zero-order valence-corrected chi connectivity index (χ0v) is 66.0. The fourth-order valence-electron chi connectivity index (χ4n) is 30.1. The minimum Gasteiger partial charge on any atom is -0.458 e. The van der Waals surface area contributed by atoms with E-state index in [0.29, 0.717) is 89.9 Å². The van der Waals surface area contributed by atoms with Gasteiger partial charge in [-0.3, -0.25) is 67.1 Å². The molecule has 41 unspecified atom stereocenters. The number of rotatable bonds is 27. The number of hydrogen-bond donors (Lipinski definition) is 0. The van der Waals surface area contributed by atoms with E-state index in [1.165, 1.54) is 6.92 Å². The van der Waals surface area contributed by atoms with Crippen molar-refractivity contribution in [2.45, 2.75) is 283 Å². The van der Waals surface area contributed by atoms with Crippen LogP contribution in [-0.2, 0) is 133 Å². The topological polar surface area (TPSA) is 368 Å². The van der Waals surface area contributed by atoms with Crippen LogP contribution in [0, 0.1) is 162 Å². The van der Waals surface area contributed by atoms with E-state index in [-0.39, 0.29) is 143 Å². The van der Waals surface area contributed by atoms with Crippen molar-refractivity contribution < 1.29 is 133 Å². The first-order chi connectivity index (χ1) is 53.9. The highest BCUT2D eigenvalue weighted by molar-refractivity contribution is 5.89. The number of hydrogen-bond acceptors (Lipinski definition) is 28. The minimum absolute atomic E-state index is 0.0606. The second-order valence-electron chi connectivity index (χ2n) is 42.6. The lowest BCUT2D eigenvalue weighted by atomic mass is 9.57. The highest BCUT2D eigenvalue weighted by Crippen LogP contribution is 2.66. The van der Waals surface area contributed by atoms with E-state index in [1.54, 1.807) is 55.4 Å². The van der Waals surface area contributed by atoms with Gasteiger partial charge < -0.3 is 66.3 Å². The number of carbonyl (C=O) groups is 14. The molecule has 14 saturated carbocycles. The monoisotopic (exact) mass is 1580 g/mol. The standard InChI is InChI=1S/C86H104O28/c1-10-81(4,74(95)109-53-32-12-39-46(19-32)67(88)102-60(39)53)26-83(6,76(97)111-55-34-14-41-48(21-34)69(90)104-62(41)55)28-85(8,78(99)113-57-36-16-43-50(23-36)71(92)106-64(43)57)30-86(9,79(100)114-58-37-17-44-51(24-37)72(93)107-65(44)58)29-84(7,77(98)112-56-35-15-42-49(22-35)70(91)105-63(42)56)27-82(5,75(96)110-54-33-13-40-47(20-33)68(89)103-61(40)54)25-80(2,3)73(94)108-52-31-11-38-45(18-31)66(87)101-59(38)52/h31-65H,10-30H2,1-9H3. The molecule has 7 saturated heterocycles. The summed E-state index contributed by atoms with van der Waals surface area (Å²) in [5, 5.41) is 0. The summed E-state index contributed by atoms with van der Waals surface area (Å²) < 4.78 is 89.2. The van der Waals surface area contributed by atoms with Gasteiger partial charge in [-0.15, -0.1) is 0 Å². The van der Waals surface area contributed by atoms with E-state index < -0.39 is 233 Å².